The summed E-state index contributed by atoms with van der Waals surface area (Å²) in [6.07, 6.45) is 25.8. The van der Waals surface area contributed by atoms with E-state index in [0.29, 0.717) is 48.6 Å². The molecular formula is C100H129N3O18Si. The molecule has 4 atom stereocenters. The van der Waals surface area contributed by atoms with Crippen molar-refractivity contribution in [3.05, 3.63) is 270 Å². The first-order chi connectivity index (χ1) is 57.6. The maximum absolute atomic E-state index is 12.9. The van der Waals surface area contributed by atoms with E-state index in [9.17, 15) is 54.9 Å². The first-order valence-corrected chi connectivity index (χ1v) is 44.3. The lowest BCUT2D eigenvalue weighted by molar-refractivity contribution is -0.143. The molecule has 2 saturated heterocycles. The maximum atomic E-state index is 12.9. The number of allylic oxidation sites excluding steroid dienone is 12. The van der Waals surface area contributed by atoms with E-state index in [1.807, 2.05) is 155 Å². The number of aryl methyl sites for hydroxylation is 2. The van der Waals surface area contributed by atoms with E-state index in [1.165, 1.54) is 76.4 Å². The van der Waals surface area contributed by atoms with Gasteiger partial charge in [-0.3, -0.25) is 29.5 Å². The van der Waals surface area contributed by atoms with Crippen LogP contribution >= 0.6 is 0 Å². The molecule has 8 N–H and O–H groups in total. The van der Waals surface area contributed by atoms with E-state index in [4.69, 9.17) is 35.0 Å². The van der Waals surface area contributed by atoms with Gasteiger partial charge < -0.3 is 73.7 Å². The number of ketones is 4. The van der Waals surface area contributed by atoms with Gasteiger partial charge in [-0.05, 0) is 217 Å². The average Bonchev–Trinajstić information content (AvgIpc) is 0.766. The molecule has 2 aliphatic heterocycles. The number of ether oxygens (including phenoxy) is 7. The summed E-state index contributed by atoms with van der Waals surface area (Å²) in [4.78, 5) is 57.6. The Balaban J connectivity index is 0.000000318. The van der Waals surface area contributed by atoms with E-state index in [0.717, 1.165) is 82.4 Å². The molecule has 6 aromatic rings. The van der Waals surface area contributed by atoms with Crippen LogP contribution in [0, 0.1) is 32.3 Å². The van der Waals surface area contributed by atoms with Gasteiger partial charge in [-0.15, -0.1) is 0 Å². The molecule has 2 fully saturated rings. The number of carbonyl (C=O) groups is 4. The van der Waals surface area contributed by atoms with Crippen LogP contribution in [-0.2, 0) is 41.4 Å². The van der Waals surface area contributed by atoms with Crippen LogP contribution in [0.4, 0.5) is 0 Å². The predicted octanol–water partition coefficient (Wildman–Crippen LogP) is 21.0. The van der Waals surface area contributed by atoms with Crippen molar-refractivity contribution >= 4 is 61.7 Å². The first kappa shape index (κ1) is 103. The molecule has 0 spiro atoms. The number of aliphatic hydroxyl groups excluding tert-OH is 2. The Morgan fingerprint density at radius 3 is 1.28 bits per heavy atom. The van der Waals surface area contributed by atoms with Gasteiger partial charge in [0.2, 0.25) is 7.05 Å². The predicted molar refractivity (Wildman–Crippen MR) is 494 cm³/mol. The molecule has 0 saturated carbocycles. The Labute approximate surface area is 724 Å². The topological polar surface area (TPSA) is 303 Å². The van der Waals surface area contributed by atoms with E-state index in [1.54, 1.807) is 87.1 Å². The lowest BCUT2D eigenvalue weighted by Gasteiger charge is -2.41. The molecular weight excluding hydrogens is 1560 g/mol. The van der Waals surface area contributed by atoms with Crippen molar-refractivity contribution in [3.63, 3.8) is 0 Å². The number of hydrogen-bond donors (Lipinski definition) is 8. The Kier molecular flexibility index (Phi) is 42.8. The second kappa shape index (κ2) is 50.7. The Morgan fingerprint density at radius 2 is 0.934 bits per heavy atom. The van der Waals surface area contributed by atoms with Gasteiger partial charge in [-0.2, -0.15) is 0 Å². The number of aliphatic hydroxyl groups is 2. The number of Topliss-reactive ketones (excluding diaryl/α,β-unsaturated/α-hetero) is 2. The van der Waals surface area contributed by atoms with Crippen LogP contribution in [0.1, 0.15) is 160 Å². The van der Waals surface area contributed by atoms with E-state index in [-0.39, 0.29) is 121 Å². The summed E-state index contributed by atoms with van der Waals surface area (Å²) in [5, 5.41) is 74.0. The van der Waals surface area contributed by atoms with Crippen LogP contribution in [0.5, 0.6) is 46.0 Å². The molecule has 4 aliphatic rings. The number of benzene rings is 6. The molecule has 22 heteroatoms. The second-order valence-electron chi connectivity index (χ2n) is 32.6. The number of phenols is 5. The van der Waals surface area contributed by atoms with E-state index >= 15 is 0 Å². The lowest BCUT2D eigenvalue weighted by atomic mass is 9.76. The highest BCUT2D eigenvalue weighted by Crippen LogP contribution is 2.44. The summed E-state index contributed by atoms with van der Waals surface area (Å²) >= 11 is 0. The number of rotatable bonds is 24. The number of methoxy groups -OCH3 is 4. The summed E-state index contributed by atoms with van der Waals surface area (Å²) in [7, 11) is 10.2. The SMILES string of the molecule is CC1=CC2OC(C)(C)CCC2C(=O)C1=C(O)/C=C/c1ccc(C)cc1.CC1=CC2OC(C)(C)CCC2C(=O)C1=C(O)/C=C/c1ccc(O)cc1.CN=CCOC.CNCOCC[Si](C)(C)C.COc1cc(O)c(CC=C(C)C)c(O)c1C(=O)/C=C/c1ccc(O)cc1.COc1cc(OC)c(C(=O)/C=C/c2ccc(C)cc2)c(O)c1CC=C(C)C.[C-]#[N+]C. The molecule has 0 radical (unpaired) electrons. The van der Waals surface area contributed by atoms with Crippen molar-refractivity contribution in [2.24, 2.45) is 16.8 Å². The zero-order valence-electron chi connectivity index (χ0n) is 75.3. The van der Waals surface area contributed by atoms with Gasteiger partial charge in [0, 0.05) is 58.3 Å². The quantitative estimate of drug-likeness (QED) is 0.00321. The highest BCUT2D eigenvalue weighted by Gasteiger charge is 2.44. The van der Waals surface area contributed by atoms with Gasteiger partial charge in [0.15, 0.2) is 23.1 Å². The van der Waals surface area contributed by atoms with Gasteiger partial charge in [0.1, 0.15) is 68.6 Å². The first-order valence-electron chi connectivity index (χ1n) is 40.6. The number of nitrogens with zero attached hydrogens (tertiary/aromatic N) is 2. The summed E-state index contributed by atoms with van der Waals surface area (Å²) in [6.45, 7) is 38.8. The van der Waals surface area contributed by atoms with Crippen LogP contribution in [0.15, 0.2) is 208 Å². The molecule has 0 amide bonds. The molecule has 6 aromatic carbocycles. The van der Waals surface area contributed by atoms with E-state index in [2.05, 4.69) is 53.4 Å². The highest BCUT2D eigenvalue weighted by molar-refractivity contribution is 6.76. The largest absolute Gasteiger partial charge is 0.508 e. The number of aliphatic imine (C=N–C) groups is 1. The number of fused-ring (bicyclic) bond motifs is 2. The Bertz CT molecular complexity index is 4720. The van der Waals surface area contributed by atoms with Gasteiger partial charge in [-0.1, -0.05) is 163 Å². The molecule has 10 rings (SSSR count). The van der Waals surface area contributed by atoms with Crippen molar-refractivity contribution in [2.75, 3.05) is 69.5 Å². The normalized spacial score (nSPS) is 17.6. The minimum Gasteiger partial charge on any atom is -0.508 e. The zero-order valence-corrected chi connectivity index (χ0v) is 76.3. The smallest absolute Gasteiger partial charge is 0.205 e. The van der Waals surface area contributed by atoms with Crippen LogP contribution < -0.4 is 19.5 Å². The molecule has 0 bridgehead atoms. The van der Waals surface area contributed by atoms with Crippen molar-refractivity contribution in [3.8, 4) is 46.0 Å². The average molecular weight is 1690 g/mol. The summed E-state index contributed by atoms with van der Waals surface area (Å²) in [5.41, 5.74) is 10.8. The fraction of sp³-hybridized carbons (Fsp3) is 0.380. The maximum Gasteiger partial charge on any atom is 0.205 e. The lowest BCUT2D eigenvalue weighted by Crippen LogP contribution is -2.45. The minimum absolute atomic E-state index is 0.00233. The van der Waals surface area contributed by atoms with Crippen LogP contribution in [-0.4, -0.2) is 166 Å². The van der Waals surface area contributed by atoms with Crippen molar-refractivity contribution in [1.82, 2.24) is 5.32 Å². The summed E-state index contributed by atoms with van der Waals surface area (Å²) in [6, 6.07) is 33.0. The third kappa shape index (κ3) is 33.9. The molecule has 122 heavy (non-hydrogen) atoms. The molecule has 656 valence electrons. The number of hydrogen-bond acceptors (Lipinski definition) is 20. The number of phenolic OH excluding ortho intramolecular Hbond substituents is 5. The van der Waals surface area contributed by atoms with Crippen molar-refractivity contribution in [2.45, 2.75) is 171 Å². The fourth-order valence-electron chi connectivity index (χ4n) is 12.9. The third-order valence-corrected chi connectivity index (χ3v) is 21.4. The van der Waals surface area contributed by atoms with E-state index < -0.39 is 13.9 Å². The molecule has 21 nitrogen and oxygen atoms in total. The fourth-order valence-corrected chi connectivity index (χ4v) is 13.6. The second-order valence-corrected chi connectivity index (χ2v) is 38.2. The van der Waals surface area contributed by atoms with Gasteiger partial charge in [0.25, 0.3) is 0 Å². The molecule has 0 aromatic heterocycles. The number of carbonyl (C=O) groups excluding carboxylic acids is 4. The van der Waals surface area contributed by atoms with Crippen LogP contribution in [0.25, 0.3) is 29.1 Å². The number of nitrogens with one attached hydrogen (secondary N) is 1. The Morgan fingerprint density at radius 1 is 0.574 bits per heavy atom. The molecule has 2 heterocycles. The van der Waals surface area contributed by atoms with Gasteiger partial charge in [-0.25, -0.2) is 6.57 Å². The Hall–Kier alpha value is -11.4. The van der Waals surface area contributed by atoms with Crippen LogP contribution in [0.3, 0.4) is 0 Å². The molecule has 2 aliphatic carbocycles. The van der Waals surface area contributed by atoms with Crippen LogP contribution in [0.2, 0.25) is 25.7 Å². The third-order valence-electron chi connectivity index (χ3n) is 19.7. The monoisotopic (exact) mass is 1690 g/mol. The van der Waals surface area contributed by atoms with Crippen molar-refractivity contribution in [1.29, 1.82) is 0 Å². The summed E-state index contributed by atoms with van der Waals surface area (Å²) in [5.74, 6) is -0.599. The van der Waals surface area contributed by atoms with Crippen molar-refractivity contribution < 1.29 is 88.1 Å². The summed E-state index contributed by atoms with van der Waals surface area (Å²) < 4.78 is 37.9. The van der Waals surface area contributed by atoms with Gasteiger partial charge >= 0.3 is 0 Å². The minimum atomic E-state index is -0.860. The number of aromatic hydroxyl groups is 5. The zero-order chi connectivity index (χ0) is 91.2. The standard InChI is InChI=1S/C23H26O4.C22H26O3.C21H22O5.C21H24O4.C7H19NOSi.C4H9NO.C2H3N/c1-15(2)6-12-18-20(26-4)14-21(27-5)22(23(18)25)19(24)13-11-17-9-7-16(3)8-10-17;1-14-5-7-16(8-6-14)9-10-18(23)20-15(2)13-19-17(21(20)24)11-12-22(3,4)25-19;1-13(2)4-10-16-18(24)12-19(26-3)20(21(16)25)17(23)11-7-14-5-8-15(22)9-6-14;1-13-12-18-16(10-11-21(2,3)25-18)20(24)19(13)17(23)9-6-14-4-7-15(22)8-5-14;1-8-7-9-5-6-10(2,3)4;1-5-3-4-6-2;1-3-2/h6-11,13-14,25H,12H2,1-5H3;5-10,13,17,19,23H,11-12H2,1-4H3;4-9,11-12,22,24-25H,10H2,1-3H3;4-9,12,16,18,22-23H,10-11H2,1-3H3;8H,5-7H2,1-4H3;3H,4H2,1-2H3;1H3/b13-11+;10-9+,20-18?;11-7+;9-6+,19-17?;;;. The van der Waals surface area contributed by atoms with Gasteiger partial charge in [0.05, 0.1) is 81.1 Å². The molecule has 4 unspecified atom stereocenters. The highest BCUT2D eigenvalue weighted by atomic mass is 28.3.